The van der Waals surface area contributed by atoms with E-state index in [9.17, 15) is 9.59 Å². The standard InChI is InChI=1S/C15H16N2O2S2/c1-9-8-20-15(16-9)21-11(3)14(19)17-13-6-4-5-12(7-13)10(2)18/h4-8,11H,1-3H3,(H,17,19). The Bertz CT molecular complexity index is 667. The number of benzene rings is 1. The molecular formula is C15H16N2O2S2. The Morgan fingerprint density at radius 3 is 2.76 bits per heavy atom. The van der Waals surface area contributed by atoms with Gasteiger partial charge >= 0.3 is 0 Å². The van der Waals surface area contributed by atoms with Crippen molar-refractivity contribution in [2.24, 2.45) is 0 Å². The third-order valence-corrected chi connectivity index (χ3v) is 4.97. The van der Waals surface area contributed by atoms with Crippen molar-refractivity contribution in [2.75, 3.05) is 5.32 Å². The maximum atomic E-state index is 12.2. The number of ketones is 1. The molecule has 1 aromatic carbocycles. The molecule has 0 bridgehead atoms. The Labute approximate surface area is 132 Å². The molecule has 0 radical (unpaired) electrons. The van der Waals surface area contributed by atoms with Gasteiger partial charge in [-0.1, -0.05) is 23.9 Å². The van der Waals surface area contributed by atoms with Gasteiger partial charge in [-0.15, -0.1) is 11.3 Å². The van der Waals surface area contributed by atoms with Crippen molar-refractivity contribution in [2.45, 2.75) is 30.4 Å². The van der Waals surface area contributed by atoms with Crippen LogP contribution in [0.2, 0.25) is 0 Å². The highest BCUT2D eigenvalue weighted by Crippen LogP contribution is 2.27. The minimum Gasteiger partial charge on any atom is -0.325 e. The van der Waals surface area contributed by atoms with Crippen molar-refractivity contribution in [3.05, 3.63) is 40.9 Å². The van der Waals surface area contributed by atoms with Crippen LogP contribution in [0.3, 0.4) is 0 Å². The molecule has 6 heteroatoms. The number of hydrogen-bond donors (Lipinski definition) is 1. The summed E-state index contributed by atoms with van der Waals surface area (Å²) < 4.78 is 0.882. The number of thiazole rings is 1. The highest BCUT2D eigenvalue weighted by atomic mass is 32.2. The van der Waals surface area contributed by atoms with E-state index in [4.69, 9.17) is 0 Å². The summed E-state index contributed by atoms with van der Waals surface area (Å²) in [4.78, 5) is 27.8. The molecule has 1 heterocycles. The number of thioether (sulfide) groups is 1. The van der Waals surface area contributed by atoms with E-state index in [1.54, 1.807) is 24.3 Å². The summed E-state index contributed by atoms with van der Waals surface area (Å²) in [6.07, 6.45) is 0. The first-order valence-corrected chi connectivity index (χ1v) is 8.22. The van der Waals surface area contributed by atoms with E-state index in [-0.39, 0.29) is 16.9 Å². The van der Waals surface area contributed by atoms with Gasteiger partial charge in [0, 0.05) is 22.3 Å². The molecule has 110 valence electrons. The van der Waals surface area contributed by atoms with Crippen LogP contribution in [0.15, 0.2) is 34.0 Å². The first-order valence-electron chi connectivity index (χ1n) is 6.46. The normalized spacial score (nSPS) is 12.0. The predicted molar refractivity (Wildman–Crippen MR) is 87.2 cm³/mol. The summed E-state index contributed by atoms with van der Waals surface area (Å²) in [7, 11) is 0. The molecule has 0 aliphatic carbocycles. The van der Waals surface area contributed by atoms with Gasteiger partial charge in [-0.05, 0) is 32.9 Å². The van der Waals surface area contributed by atoms with Gasteiger partial charge in [-0.25, -0.2) is 4.98 Å². The van der Waals surface area contributed by atoms with E-state index < -0.39 is 0 Å². The molecule has 0 aliphatic rings. The van der Waals surface area contributed by atoms with Crippen LogP contribution >= 0.6 is 23.1 Å². The van der Waals surface area contributed by atoms with Crippen molar-refractivity contribution < 1.29 is 9.59 Å². The fourth-order valence-electron chi connectivity index (χ4n) is 1.65. The zero-order chi connectivity index (χ0) is 15.4. The van der Waals surface area contributed by atoms with Crippen molar-refractivity contribution in [1.29, 1.82) is 0 Å². The second-order valence-electron chi connectivity index (χ2n) is 4.64. The van der Waals surface area contributed by atoms with Crippen LogP contribution in [-0.4, -0.2) is 21.9 Å². The second-order valence-corrected chi connectivity index (χ2v) is 7.09. The van der Waals surface area contributed by atoms with Crippen molar-refractivity contribution >= 4 is 40.5 Å². The second kappa shape index (κ2) is 6.87. The quantitative estimate of drug-likeness (QED) is 0.673. The maximum Gasteiger partial charge on any atom is 0.237 e. The zero-order valence-electron chi connectivity index (χ0n) is 12.0. The molecule has 2 aromatic rings. The number of nitrogens with zero attached hydrogens (tertiary/aromatic N) is 1. The van der Waals surface area contributed by atoms with E-state index in [0.29, 0.717) is 11.3 Å². The summed E-state index contributed by atoms with van der Waals surface area (Å²) in [6.45, 7) is 5.27. The number of rotatable bonds is 5. The average Bonchev–Trinajstić information content (AvgIpc) is 2.84. The van der Waals surface area contributed by atoms with Gasteiger partial charge in [0.05, 0.1) is 5.25 Å². The molecule has 0 aliphatic heterocycles. The Balaban J connectivity index is 2.00. The first kappa shape index (κ1) is 15.7. The molecular weight excluding hydrogens is 304 g/mol. The zero-order valence-corrected chi connectivity index (χ0v) is 13.7. The predicted octanol–water partition coefficient (Wildman–Crippen LogP) is 3.77. The van der Waals surface area contributed by atoms with Crippen LogP contribution in [0.4, 0.5) is 5.69 Å². The summed E-state index contributed by atoms with van der Waals surface area (Å²) >= 11 is 2.97. The van der Waals surface area contributed by atoms with Gasteiger partial charge in [0.25, 0.3) is 0 Å². The summed E-state index contributed by atoms with van der Waals surface area (Å²) in [5.41, 5.74) is 2.18. The molecule has 0 fully saturated rings. The van der Waals surface area contributed by atoms with Crippen LogP contribution in [0.5, 0.6) is 0 Å². The molecule has 0 spiro atoms. The monoisotopic (exact) mass is 320 g/mol. The Kier molecular flexibility index (Phi) is 5.14. The van der Waals surface area contributed by atoms with Crippen LogP contribution in [0.1, 0.15) is 29.9 Å². The topological polar surface area (TPSA) is 59.1 Å². The Morgan fingerprint density at radius 2 is 2.14 bits per heavy atom. The Hall–Kier alpha value is -1.66. The number of anilines is 1. The Morgan fingerprint density at radius 1 is 1.38 bits per heavy atom. The minimum atomic E-state index is -0.253. The number of amides is 1. The lowest BCUT2D eigenvalue weighted by molar-refractivity contribution is -0.115. The van der Waals surface area contributed by atoms with Crippen LogP contribution < -0.4 is 5.32 Å². The SMILES string of the molecule is CC(=O)c1cccc(NC(=O)C(C)Sc2nc(C)cs2)c1. The van der Waals surface area contributed by atoms with Crippen LogP contribution in [0, 0.1) is 6.92 Å². The fraction of sp³-hybridized carbons (Fsp3) is 0.267. The van der Waals surface area contributed by atoms with Crippen molar-refractivity contribution in [1.82, 2.24) is 4.98 Å². The minimum absolute atomic E-state index is 0.0215. The van der Waals surface area contributed by atoms with Gasteiger partial charge in [0.1, 0.15) is 0 Å². The molecule has 2 rings (SSSR count). The number of hydrogen-bond acceptors (Lipinski definition) is 5. The van der Waals surface area contributed by atoms with Crippen LogP contribution in [0.25, 0.3) is 0 Å². The third kappa shape index (κ3) is 4.41. The molecule has 0 saturated heterocycles. The van der Waals surface area contributed by atoms with Gasteiger partial charge in [-0.3, -0.25) is 9.59 Å². The first-order chi connectivity index (χ1) is 9.95. The molecule has 1 atom stereocenters. The maximum absolute atomic E-state index is 12.2. The van der Waals surface area contributed by atoms with Gasteiger partial charge < -0.3 is 5.32 Å². The van der Waals surface area contributed by atoms with E-state index in [0.717, 1.165) is 10.0 Å². The molecule has 21 heavy (non-hydrogen) atoms. The fourth-order valence-corrected chi connectivity index (χ4v) is 3.64. The van der Waals surface area contributed by atoms with Gasteiger partial charge in [-0.2, -0.15) is 0 Å². The number of aromatic nitrogens is 1. The van der Waals surface area contributed by atoms with Crippen LogP contribution in [-0.2, 0) is 4.79 Å². The molecule has 1 amide bonds. The molecule has 1 unspecified atom stereocenters. The number of nitrogens with one attached hydrogen (secondary N) is 1. The van der Waals surface area contributed by atoms with Gasteiger partial charge in [0.2, 0.25) is 5.91 Å². The highest BCUT2D eigenvalue weighted by Gasteiger charge is 2.16. The number of Topliss-reactive ketones (excluding diaryl/α,β-unsaturated/α-hetero) is 1. The lowest BCUT2D eigenvalue weighted by Crippen LogP contribution is -2.22. The summed E-state index contributed by atoms with van der Waals surface area (Å²) in [5, 5.41) is 4.54. The number of carbonyl (C=O) groups is 2. The summed E-state index contributed by atoms with van der Waals surface area (Å²) in [5.74, 6) is -0.125. The van der Waals surface area contributed by atoms with E-state index >= 15 is 0 Å². The lowest BCUT2D eigenvalue weighted by Gasteiger charge is -2.11. The number of carbonyl (C=O) groups excluding carboxylic acids is 2. The average molecular weight is 320 g/mol. The van der Waals surface area contributed by atoms with E-state index in [1.807, 2.05) is 19.2 Å². The third-order valence-electron chi connectivity index (χ3n) is 2.78. The molecule has 1 N–H and O–H groups in total. The van der Waals surface area contributed by atoms with E-state index in [1.165, 1.54) is 30.0 Å². The van der Waals surface area contributed by atoms with Crippen molar-refractivity contribution in [3.63, 3.8) is 0 Å². The van der Waals surface area contributed by atoms with Gasteiger partial charge in [0.15, 0.2) is 10.1 Å². The molecule has 4 nitrogen and oxygen atoms in total. The molecule has 1 aromatic heterocycles. The van der Waals surface area contributed by atoms with Crippen molar-refractivity contribution in [3.8, 4) is 0 Å². The largest absolute Gasteiger partial charge is 0.325 e. The highest BCUT2D eigenvalue weighted by molar-refractivity contribution is 8.02. The number of aryl methyl sites for hydroxylation is 1. The molecule has 0 saturated carbocycles. The smallest absolute Gasteiger partial charge is 0.237 e. The summed E-state index contributed by atoms with van der Waals surface area (Å²) in [6, 6.07) is 6.95. The lowest BCUT2D eigenvalue weighted by atomic mass is 10.1. The van der Waals surface area contributed by atoms with E-state index in [2.05, 4.69) is 10.3 Å².